The summed E-state index contributed by atoms with van der Waals surface area (Å²) in [7, 11) is 0. The first-order chi connectivity index (χ1) is 16.3. The standard InChI is InChI=1S/C25H35N3O6/c29-20-8-4-18(16-22(20)31)6-10-24(33)27-14-2-1-12-26-13-3-15-28-25(34)11-7-19-5-9-21(30)23(32)17-19/h4-5,8-9,16-17,26,29-32H,1-3,6-7,10-15H2,(H,27,33)(H,28,34). The molecule has 0 heterocycles. The van der Waals surface area contributed by atoms with Crippen molar-refractivity contribution in [3.05, 3.63) is 47.5 Å². The highest BCUT2D eigenvalue weighted by Crippen LogP contribution is 2.26. The quantitative estimate of drug-likeness (QED) is 0.154. The molecule has 0 fully saturated rings. The van der Waals surface area contributed by atoms with Crippen LogP contribution in [0.1, 0.15) is 43.2 Å². The summed E-state index contributed by atoms with van der Waals surface area (Å²) in [6.45, 7) is 2.82. The molecular weight excluding hydrogens is 438 g/mol. The van der Waals surface area contributed by atoms with Crippen molar-refractivity contribution in [2.75, 3.05) is 26.2 Å². The minimum Gasteiger partial charge on any atom is -0.504 e. The number of rotatable bonds is 15. The number of unbranched alkanes of at least 4 members (excludes halogenated alkanes) is 1. The molecule has 0 unspecified atom stereocenters. The molecule has 186 valence electrons. The van der Waals surface area contributed by atoms with Crippen LogP contribution >= 0.6 is 0 Å². The van der Waals surface area contributed by atoms with Crippen molar-refractivity contribution in [2.24, 2.45) is 0 Å². The first kappa shape index (κ1) is 26.8. The highest BCUT2D eigenvalue weighted by atomic mass is 16.3. The zero-order chi connectivity index (χ0) is 24.8. The van der Waals surface area contributed by atoms with Crippen molar-refractivity contribution in [1.82, 2.24) is 16.0 Å². The lowest BCUT2D eigenvalue weighted by molar-refractivity contribution is -0.121. The van der Waals surface area contributed by atoms with Crippen LogP contribution in [0.5, 0.6) is 23.0 Å². The highest BCUT2D eigenvalue weighted by molar-refractivity contribution is 5.76. The molecule has 0 aliphatic heterocycles. The molecule has 0 atom stereocenters. The molecule has 0 spiro atoms. The van der Waals surface area contributed by atoms with E-state index in [1.807, 2.05) is 0 Å². The Hall–Kier alpha value is -3.46. The molecule has 2 rings (SSSR count). The van der Waals surface area contributed by atoms with Crippen LogP contribution in [-0.4, -0.2) is 58.4 Å². The van der Waals surface area contributed by atoms with Gasteiger partial charge in [0.1, 0.15) is 0 Å². The minimum atomic E-state index is -0.182. The van der Waals surface area contributed by atoms with E-state index in [9.17, 15) is 30.0 Å². The third kappa shape index (κ3) is 10.4. The van der Waals surface area contributed by atoms with Crippen LogP contribution in [0.15, 0.2) is 36.4 Å². The zero-order valence-electron chi connectivity index (χ0n) is 19.3. The van der Waals surface area contributed by atoms with E-state index in [-0.39, 0.29) is 34.8 Å². The normalized spacial score (nSPS) is 10.7. The monoisotopic (exact) mass is 473 g/mol. The number of carbonyl (C=O) groups is 2. The Labute approximate surface area is 199 Å². The van der Waals surface area contributed by atoms with E-state index < -0.39 is 0 Å². The number of nitrogens with one attached hydrogen (secondary N) is 3. The molecule has 0 bridgehead atoms. The van der Waals surface area contributed by atoms with Gasteiger partial charge in [-0.25, -0.2) is 0 Å². The van der Waals surface area contributed by atoms with Crippen LogP contribution in [0.2, 0.25) is 0 Å². The molecule has 0 aliphatic carbocycles. The summed E-state index contributed by atoms with van der Waals surface area (Å²) in [6.07, 6.45) is 4.24. The lowest BCUT2D eigenvalue weighted by atomic mass is 10.1. The van der Waals surface area contributed by atoms with Crippen molar-refractivity contribution >= 4 is 11.8 Å². The summed E-state index contributed by atoms with van der Waals surface area (Å²) in [5.74, 6) is -0.797. The SMILES string of the molecule is O=C(CCc1ccc(O)c(O)c1)NCCCCNCCCNC(=O)CCc1ccc(O)c(O)c1. The molecule has 7 N–H and O–H groups in total. The molecule has 0 radical (unpaired) electrons. The van der Waals surface area contributed by atoms with E-state index in [1.54, 1.807) is 12.1 Å². The molecule has 0 aliphatic rings. The van der Waals surface area contributed by atoms with Crippen LogP contribution < -0.4 is 16.0 Å². The summed E-state index contributed by atoms with van der Waals surface area (Å²) in [4.78, 5) is 23.8. The van der Waals surface area contributed by atoms with Gasteiger partial charge in [0, 0.05) is 25.9 Å². The second-order valence-electron chi connectivity index (χ2n) is 8.16. The van der Waals surface area contributed by atoms with Crippen LogP contribution in [0, 0.1) is 0 Å². The fourth-order valence-corrected chi connectivity index (χ4v) is 3.31. The molecule has 2 amide bonds. The van der Waals surface area contributed by atoms with E-state index >= 15 is 0 Å². The van der Waals surface area contributed by atoms with Crippen molar-refractivity contribution in [1.29, 1.82) is 0 Å². The maximum absolute atomic E-state index is 11.9. The van der Waals surface area contributed by atoms with Crippen LogP contribution in [0.4, 0.5) is 0 Å². The van der Waals surface area contributed by atoms with Crippen molar-refractivity contribution in [3.8, 4) is 23.0 Å². The highest BCUT2D eigenvalue weighted by Gasteiger charge is 2.06. The Kier molecular flexibility index (Phi) is 11.5. The number of amides is 2. The number of hydrogen-bond donors (Lipinski definition) is 7. The van der Waals surface area contributed by atoms with Crippen molar-refractivity contribution < 1.29 is 30.0 Å². The van der Waals surface area contributed by atoms with Gasteiger partial charge >= 0.3 is 0 Å². The van der Waals surface area contributed by atoms with Crippen molar-refractivity contribution in [3.63, 3.8) is 0 Å². The van der Waals surface area contributed by atoms with Gasteiger partial charge in [0.15, 0.2) is 23.0 Å². The summed E-state index contributed by atoms with van der Waals surface area (Å²) in [6, 6.07) is 9.11. The van der Waals surface area contributed by atoms with E-state index in [1.165, 1.54) is 24.3 Å². The van der Waals surface area contributed by atoms with Crippen LogP contribution in [-0.2, 0) is 22.4 Å². The molecule has 0 saturated heterocycles. The molecule has 0 aromatic heterocycles. The summed E-state index contributed by atoms with van der Waals surface area (Å²) in [5.41, 5.74) is 1.59. The first-order valence-corrected chi connectivity index (χ1v) is 11.6. The molecular formula is C25H35N3O6. The second-order valence-corrected chi connectivity index (χ2v) is 8.16. The van der Waals surface area contributed by atoms with Crippen LogP contribution in [0.3, 0.4) is 0 Å². The molecule has 2 aromatic rings. The van der Waals surface area contributed by atoms with Gasteiger partial charge in [0.25, 0.3) is 0 Å². The molecule has 2 aromatic carbocycles. The first-order valence-electron chi connectivity index (χ1n) is 11.6. The predicted molar refractivity (Wildman–Crippen MR) is 129 cm³/mol. The number of phenolic OH excluding ortho intramolecular Hbond substituents is 4. The van der Waals surface area contributed by atoms with E-state index in [4.69, 9.17) is 0 Å². The fourth-order valence-electron chi connectivity index (χ4n) is 3.31. The molecule has 9 nitrogen and oxygen atoms in total. The number of benzene rings is 2. The van der Waals surface area contributed by atoms with E-state index in [0.717, 1.165) is 43.5 Å². The Morgan fingerprint density at radius 3 is 1.53 bits per heavy atom. The largest absolute Gasteiger partial charge is 0.504 e. The van der Waals surface area contributed by atoms with Gasteiger partial charge in [0.05, 0.1) is 0 Å². The Bertz CT molecular complexity index is 859. The Morgan fingerprint density at radius 2 is 1.03 bits per heavy atom. The number of aryl methyl sites for hydroxylation is 2. The third-order valence-corrected chi connectivity index (χ3v) is 5.32. The fraction of sp³-hybridized carbons (Fsp3) is 0.440. The number of aromatic hydroxyl groups is 4. The smallest absolute Gasteiger partial charge is 0.220 e. The second kappa shape index (κ2) is 14.6. The van der Waals surface area contributed by atoms with Crippen LogP contribution in [0.25, 0.3) is 0 Å². The van der Waals surface area contributed by atoms with Gasteiger partial charge in [0.2, 0.25) is 11.8 Å². The lowest BCUT2D eigenvalue weighted by Crippen LogP contribution is -2.28. The average molecular weight is 474 g/mol. The Morgan fingerprint density at radius 1 is 0.588 bits per heavy atom. The molecule has 0 saturated carbocycles. The minimum absolute atomic E-state index is 0.0431. The molecule has 34 heavy (non-hydrogen) atoms. The topological polar surface area (TPSA) is 151 Å². The Balaban J connectivity index is 1.40. The summed E-state index contributed by atoms with van der Waals surface area (Å²) in [5, 5.41) is 46.6. The summed E-state index contributed by atoms with van der Waals surface area (Å²) >= 11 is 0. The van der Waals surface area contributed by atoms with Crippen molar-refractivity contribution in [2.45, 2.75) is 44.9 Å². The molecule has 9 heteroatoms. The number of phenols is 4. The van der Waals surface area contributed by atoms with Gasteiger partial charge in [-0.1, -0.05) is 12.1 Å². The van der Waals surface area contributed by atoms with E-state index in [0.29, 0.717) is 38.8 Å². The van der Waals surface area contributed by atoms with Gasteiger partial charge in [-0.3, -0.25) is 9.59 Å². The average Bonchev–Trinajstić information content (AvgIpc) is 2.81. The van der Waals surface area contributed by atoms with Gasteiger partial charge in [-0.2, -0.15) is 0 Å². The maximum Gasteiger partial charge on any atom is 0.220 e. The van der Waals surface area contributed by atoms with Gasteiger partial charge in [-0.05, 0) is 80.6 Å². The lowest BCUT2D eigenvalue weighted by Gasteiger charge is -2.08. The summed E-state index contributed by atoms with van der Waals surface area (Å²) < 4.78 is 0. The third-order valence-electron chi connectivity index (χ3n) is 5.32. The number of hydrogen-bond acceptors (Lipinski definition) is 7. The zero-order valence-corrected chi connectivity index (χ0v) is 19.3. The maximum atomic E-state index is 11.9. The number of carbonyl (C=O) groups excluding carboxylic acids is 2. The van der Waals surface area contributed by atoms with E-state index in [2.05, 4.69) is 16.0 Å². The van der Waals surface area contributed by atoms with Gasteiger partial charge in [-0.15, -0.1) is 0 Å². The van der Waals surface area contributed by atoms with Gasteiger partial charge < -0.3 is 36.4 Å². The predicted octanol–water partition coefficient (Wildman–Crippen LogP) is 2.07.